The molecule has 0 aliphatic carbocycles. The maximum absolute atomic E-state index is 11.8. The molecule has 2 aromatic rings. The average Bonchev–Trinajstić information content (AvgIpc) is 2.93. The molecule has 0 aliphatic heterocycles. The first-order valence-electron chi connectivity index (χ1n) is 6.25. The Morgan fingerprint density at radius 1 is 1.24 bits per heavy atom. The minimum Gasteiger partial charge on any atom is -0.493 e. The molecule has 1 N–H and O–H groups in total. The number of nitrogens with zero attached hydrogens (tertiary/aromatic N) is 1. The topological polar surface area (TPSA) is 73.1 Å². The second-order valence-electron chi connectivity index (χ2n) is 4.20. The highest BCUT2D eigenvalue weighted by Crippen LogP contribution is 2.26. The molecule has 0 saturated carbocycles. The first-order chi connectivity index (χ1) is 10.2. The number of amides is 1. The van der Waals surface area contributed by atoms with Crippen molar-refractivity contribution < 1.29 is 18.7 Å². The van der Waals surface area contributed by atoms with E-state index in [9.17, 15) is 4.79 Å². The van der Waals surface area contributed by atoms with Gasteiger partial charge in [-0.3, -0.25) is 4.79 Å². The van der Waals surface area contributed by atoms with E-state index in [1.807, 2.05) is 0 Å². The van der Waals surface area contributed by atoms with Gasteiger partial charge in [0.25, 0.3) is 5.91 Å². The summed E-state index contributed by atoms with van der Waals surface area (Å²) in [6.07, 6.45) is 2.98. The van der Waals surface area contributed by atoms with E-state index in [0.717, 1.165) is 5.56 Å². The van der Waals surface area contributed by atoms with Crippen molar-refractivity contribution in [2.45, 2.75) is 6.92 Å². The summed E-state index contributed by atoms with van der Waals surface area (Å²) < 4.78 is 15.4. The molecule has 6 nitrogen and oxygen atoms in total. The van der Waals surface area contributed by atoms with E-state index in [1.54, 1.807) is 45.4 Å². The van der Waals surface area contributed by atoms with Gasteiger partial charge in [0, 0.05) is 0 Å². The molecule has 0 spiro atoms. The zero-order chi connectivity index (χ0) is 15.2. The van der Waals surface area contributed by atoms with Crippen molar-refractivity contribution in [3.63, 3.8) is 0 Å². The van der Waals surface area contributed by atoms with Gasteiger partial charge in [-0.1, -0.05) is 0 Å². The van der Waals surface area contributed by atoms with Crippen LogP contribution in [0, 0.1) is 6.92 Å². The molecule has 1 heterocycles. The Balaban J connectivity index is 2.05. The Kier molecular flexibility index (Phi) is 4.61. The third-order valence-corrected chi connectivity index (χ3v) is 2.89. The van der Waals surface area contributed by atoms with E-state index >= 15 is 0 Å². The highest BCUT2D eigenvalue weighted by molar-refractivity contribution is 5.95. The number of methoxy groups -OCH3 is 2. The van der Waals surface area contributed by atoms with Gasteiger partial charge in [0.1, 0.15) is 5.76 Å². The van der Waals surface area contributed by atoms with E-state index in [0.29, 0.717) is 22.8 Å². The lowest BCUT2D eigenvalue weighted by Gasteiger charge is -2.07. The van der Waals surface area contributed by atoms with E-state index in [2.05, 4.69) is 10.5 Å². The number of nitrogens with one attached hydrogen (secondary N) is 1. The highest BCUT2D eigenvalue weighted by atomic mass is 16.5. The summed E-state index contributed by atoms with van der Waals surface area (Å²) in [5.74, 6) is 1.46. The number of carbonyl (C=O) groups is 1. The van der Waals surface area contributed by atoms with Gasteiger partial charge in [0.05, 0.1) is 32.3 Å². The van der Waals surface area contributed by atoms with Gasteiger partial charge in [-0.2, -0.15) is 5.10 Å². The zero-order valence-electron chi connectivity index (χ0n) is 12.0. The maximum atomic E-state index is 11.8. The number of furan rings is 1. The lowest BCUT2D eigenvalue weighted by molar-refractivity contribution is 0.0953. The van der Waals surface area contributed by atoms with E-state index in [-0.39, 0.29) is 5.91 Å². The minimum atomic E-state index is -0.321. The summed E-state index contributed by atoms with van der Waals surface area (Å²) in [6, 6.07) is 6.93. The fraction of sp³-hybridized carbons (Fsp3) is 0.200. The predicted molar refractivity (Wildman–Crippen MR) is 78.1 cm³/mol. The summed E-state index contributed by atoms with van der Waals surface area (Å²) in [6.45, 7) is 1.72. The van der Waals surface area contributed by atoms with Gasteiger partial charge in [0.2, 0.25) is 0 Å². The van der Waals surface area contributed by atoms with Crippen LogP contribution in [0.15, 0.2) is 40.0 Å². The number of hydrogen-bond acceptors (Lipinski definition) is 5. The van der Waals surface area contributed by atoms with Crippen molar-refractivity contribution in [3.05, 3.63) is 47.4 Å². The van der Waals surface area contributed by atoms with Crippen LogP contribution < -0.4 is 14.9 Å². The summed E-state index contributed by atoms with van der Waals surface area (Å²) in [5, 5.41) is 3.91. The molecule has 6 heteroatoms. The average molecular weight is 288 g/mol. The quantitative estimate of drug-likeness (QED) is 0.677. The summed E-state index contributed by atoms with van der Waals surface area (Å²) in [4.78, 5) is 11.8. The lowest BCUT2D eigenvalue weighted by atomic mass is 10.2. The molecule has 1 aromatic heterocycles. The fourth-order valence-electron chi connectivity index (χ4n) is 1.78. The van der Waals surface area contributed by atoms with Crippen molar-refractivity contribution >= 4 is 12.1 Å². The number of benzene rings is 1. The molecule has 2 rings (SSSR count). The molecule has 1 aromatic carbocycles. The van der Waals surface area contributed by atoms with E-state index in [1.165, 1.54) is 12.5 Å². The number of hydrazone groups is 1. The molecule has 0 saturated heterocycles. The first kappa shape index (κ1) is 14.6. The third kappa shape index (κ3) is 3.42. The van der Waals surface area contributed by atoms with E-state index in [4.69, 9.17) is 13.9 Å². The largest absolute Gasteiger partial charge is 0.493 e. The van der Waals surface area contributed by atoms with Crippen LogP contribution >= 0.6 is 0 Å². The number of hydrogen-bond donors (Lipinski definition) is 1. The summed E-state index contributed by atoms with van der Waals surface area (Å²) in [7, 11) is 3.13. The van der Waals surface area contributed by atoms with Crippen molar-refractivity contribution in [1.82, 2.24) is 5.43 Å². The second-order valence-corrected chi connectivity index (χ2v) is 4.20. The third-order valence-electron chi connectivity index (χ3n) is 2.89. The van der Waals surface area contributed by atoms with Crippen LogP contribution in [0.25, 0.3) is 0 Å². The van der Waals surface area contributed by atoms with Crippen LogP contribution in [0.1, 0.15) is 21.7 Å². The standard InChI is InChI=1S/C15H16N2O4/c1-10-12(6-7-21-10)15(18)17-16-9-11-4-5-13(19-2)14(8-11)20-3/h4-9H,1-3H3,(H,17,18)/b16-9+. The van der Waals surface area contributed by atoms with Gasteiger partial charge in [-0.25, -0.2) is 5.43 Å². The smallest absolute Gasteiger partial charge is 0.274 e. The molecule has 0 radical (unpaired) electrons. The van der Waals surface area contributed by atoms with Crippen LogP contribution in [0.4, 0.5) is 0 Å². The monoisotopic (exact) mass is 288 g/mol. The maximum Gasteiger partial charge on any atom is 0.274 e. The van der Waals surface area contributed by atoms with Gasteiger partial charge in [0.15, 0.2) is 11.5 Å². The van der Waals surface area contributed by atoms with Gasteiger partial charge < -0.3 is 13.9 Å². The van der Waals surface area contributed by atoms with Crippen LogP contribution in [-0.2, 0) is 0 Å². The van der Waals surface area contributed by atoms with Crippen LogP contribution in [0.5, 0.6) is 11.5 Å². The van der Waals surface area contributed by atoms with Gasteiger partial charge in [-0.05, 0) is 36.8 Å². The summed E-state index contributed by atoms with van der Waals surface area (Å²) >= 11 is 0. The van der Waals surface area contributed by atoms with Crippen LogP contribution in [-0.4, -0.2) is 26.3 Å². The molecular formula is C15H16N2O4. The molecule has 0 unspecified atom stereocenters. The molecule has 21 heavy (non-hydrogen) atoms. The Hall–Kier alpha value is -2.76. The van der Waals surface area contributed by atoms with Crippen LogP contribution in [0.3, 0.4) is 0 Å². The molecule has 110 valence electrons. The molecular weight excluding hydrogens is 272 g/mol. The summed E-state index contributed by atoms with van der Waals surface area (Å²) in [5.41, 5.74) is 3.67. The second kappa shape index (κ2) is 6.60. The normalized spacial score (nSPS) is 10.6. The molecule has 0 aliphatic rings. The Labute approximate surface area is 122 Å². The Bertz CT molecular complexity index is 661. The zero-order valence-corrected chi connectivity index (χ0v) is 12.0. The molecule has 0 bridgehead atoms. The van der Waals surface area contributed by atoms with Gasteiger partial charge in [-0.15, -0.1) is 0 Å². The highest BCUT2D eigenvalue weighted by Gasteiger charge is 2.10. The van der Waals surface area contributed by atoms with Crippen molar-refractivity contribution in [1.29, 1.82) is 0 Å². The Morgan fingerprint density at radius 2 is 2.00 bits per heavy atom. The van der Waals surface area contributed by atoms with Crippen LogP contribution in [0.2, 0.25) is 0 Å². The molecule has 0 fully saturated rings. The lowest BCUT2D eigenvalue weighted by Crippen LogP contribution is -2.17. The molecule has 1 amide bonds. The SMILES string of the molecule is COc1ccc(/C=N/NC(=O)c2ccoc2C)cc1OC. The Morgan fingerprint density at radius 3 is 2.62 bits per heavy atom. The number of aryl methyl sites for hydroxylation is 1. The fourth-order valence-corrected chi connectivity index (χ4v) is 1.78. The number of rotatable bonds is 5. The minimum absolute atomic E-state index is 0.321. The van der Waals surface area contributed by atoms with Crippen molar-refractivity contribution in [2.24, 2.45) is 5.10 Å². The van der Waals surface area contributed by atoms with Crippen molar-refractivity contribution in [2.75, 3.05) is 14.2 Å². The number of ether oxygens (including phenoxy) is 2. The first-order valence-corrected chi connectivity index (χ1v) is 6.25. The van der Waals surface area contributed by atoms with E-state index < -0.39 is 0 Å². The van der Waals surface area contributed by atoms with Crippen molar-refractivity contribution in [3.8, 4) is 11.5 Å². The number of carbonyl (C=O) groups excluding carboxylic acids is 1. The molecule has 0 atom stereocenters. The van der Waals surface area contributed by atoms with Gasteiger partial charge >= 0.3 is 0 Å². The predicted octanol–water partition coefficient (Wildman–Crippen LogP) is 2.37.